The van der Waals surface area contributed by atoms with E-state index in [0.29, 0.717) is 6.04 Å². The number of nitrogens with one attached hydrogen (secondary N) is 1. The number of hydrogen-bond donors (Lipinski definition) is 1. The van der Waals surface area contributed by atoms with Gasteiger partial charge in [-0.2, -0.15) is 0 Å². The largest absolute Gasteiger partial charge is 0.310 e. The number of aryl methyl sites for hydroxylation is 1. The Hall–Kier alpha value is -0.890. The number of halogens is 1. The second-order valence-electron chi connectivity index (χ2n) is 5.51. The maximum atomic E-state index is 13.2. The molecule has 1 aliphatic rings. The summed E-state index contributed by atoms with van der Waals surface area (Å²) >= 11 is 0. The van der Waals surface area contributed by atoms with E-state index in [0.717, 1.165) is 12.1 Å². The minimum atomic E-state index is -0.107. The van der Waals surface area contributed by atoms with Gasteiger partial charge in [-0.3, -0.25) is 0 Å². The highest BCUT2D eigenvalue weighted by Gasteiger charge is 2.10. The second kappa shape index (κ2) is 6.89. The highest BCUT2D eigenvalue weighted by Crippen LogP contribution is 2.17. The molecule has 0 aliphatic heterocycles. The van der Waals surface area contributed by atoms with Gasteiger partial charge >= 0.3 is 0 Å². The zero-order valence-electron chi connectivity index (χ0n) is 11.3. The lowest BCUT2D eigenvalue weighted by atomic mass is 9.96. The molecule has 1 saturated carbocycles. The number of rotatable bonds is 3. The summed E-state index contributed by atoms with van der Waals surface area (Å²) in [5.41, 5.74) is 1.93. The van der Waals surface area contributed by atoms with Crippen molar-refractivity contribution in [2.45, 2.75) is 64.5 Å². The Morgan fingerprint density at radius 1 is 1.11 bits per heavy atom. The maximum Gasteiger partial charge on any atom is 0.126 e. The Labute approximate surface area is 110 Å². The molecular formula is C16H24FN. The van der Waals surface area contributed by atoms with Crippen LogP contribution in [0, 0.1) is 12.7 Å². The van der Waals surface area contributed by atoms with Crippen LogP contribution in [0.15, 0.2) is 18.2 Å². The highest BCUT2D eigenvalue weighted by atomic mass is 19.1. The van der Waals surface area contributed by atoms with Gasteiger partial charge in [0.2, 0.25) is 0 Å². The van der Waals surface area contributed by atoms with Crippen molar-refractivity contribution in [3.63, 3.8) is 0 Å². The van der Waals surface area contributed by atoms with Gasteiger partial charge in [0.15, 0.2) is 0 Å². The van der Waals surface area contributed by atoms with Gasteiger partial charge in [-0.1, -0.05) is 44.2 Å². The summed E-state index contributed by atoms with van der Waals surface area (Å²) in [4.78, 5) is 0. The topological polar surface area (TPSA) is 12.0 Å². The summed E-state index contributed by atoms with van der Waals surface area (Å²) in [6.07, 6.45) is 9.45. The Morgan fingerprint density at radius 2 is 1.78 bits per heavy atom. The van der Waals surface area contributed by atoms with Crippen molar-refractivity contribution in [2.24, 2.45) is 0 Å². The molecule has 0 atom stereocenters. The lowest BCUT2D eigenvalue weighted by Crippen LogP contribution is -2.29. The van der Waals surface area contributed by atoms with Crippen molar-refractivity contribution in [3.05, 3.63) is 35.1 Å². The Bertz CT molecular complexity index is 367. The van der Waals surface area contributed by atoms with E-state index in [2.05, 4.69) is 5.32 Å². The standard InChI is InChI=1S/C16H24FN/c1-13-11-14(9-10-16(13)17)12-18-15-7-5-3-2-4-6-8-15/h9-11,15,18H,2-8,12H2,1H3. The third-order valence-corrected chi connectivity index (χ3v) is 3.92. The van der Waals surface area contributed by atoms with Crippen LogP contribution in [0.5, 0.6) is 0 Å². The summed E-state index contributed by atoms with van der Waals surface area (Å²) in [6.45, 7) is 2.69. The fraction of sp³-hybridized carbons (Fsp3) is 0.625. The third kappa shape index (κ3) is 4.09. The predicted octanol–water partition coefficient (Wildman–Crippen LogP) is 4.34. The van der Waals surface area contributed by atoms with Crippen molar-refractivity contribution in [1.82, 2.24) is 5.32 Å². The quantitative estimate of drug-likeness (QED) is 0.840. The molecule has 0 heterocycles. The smallest absolute Gasteiger partial charge is 0.126 e. The van der Waals surface area contributed by atoms with Gasteiger partial charge in [-0.05, 0) is 37.0 Å². The molecule has 100 valence electrons. The molecule has 1 aromatic carbocycles. The molecule has 0 spiro atoms. The molecule has 0 aromatic heterocycles. The van der Waals surface area contributed by atoms with Gasteiger partial charge < -0.3 is 5.32 Å². The lowest BCUT2D eigenvalue weighted by Gasteiger charge is -2.21. The molecule has 1 aliphatic carbocycles. The van der Waals surface area contributed by atoms with Crippen LogP contribution in [0.1, 0.15) is 56.1 Å². The van der Waals surface area contributed by atoms with Crippen LogP contribution in [0.25, 0.3) is 0 Å². The van der Waals surface area contributed by atoms with Gasteiger partial charge in [0, 0.05) is 12.6 Å². The molecule has 0 amide bonds. The summed E-state index contributed by atoms with van der Waals surface area (Å²) in [6, 6.07) is 6.06. The Morgan fingerprint density at radius 3 is 2.44 bits per heavy atom. The van der Waals surface area contributed by atoms with E-state index >= 15 is 0 Å². The summed E-state index contributed by atoms with van der Waals surface area (Å²) in [5, 5.41) is 3.63. The molecule has 0 saturated heterocycles. The molecule has 2 heteroatoms. The van der Waals surface area contributed by atoms with Crippen LogP contribution in [-0.4, -0.2) is 6.04 Å². The molecule has 1 aromatic rings. The molecular weight excluding hydrogens is 225 g/mol. The molecule has 0 bridgehead atoms. The first-order valence-electron chi connectivity index (χ1n) is 7.24. The van der Waals surface area contributed by atoms with Crippen molar-refractivity contribution in [2.75, 3.05) is 0 Å². The first-order valence-corrected chi connectivity index (χ1v) is 7.24. The van der Waals surface area contributed by atoms with Crippen LogP contribution in [0.2, 0.25) is 0 Å². The maximum absolute atomic E-state index is 13.2. The zero-order valence-corrected chi connectivity index (χ0v) is 11.3. The first kappa shape index (κ1) is 13.5. The van der Waals surface area contributed by atoms with Gasteiger partial charge in [-0.15, -0.1) is 0 Å². The molecule has 18 heavy (non-hydrogen) atoms. The molecule has 1 nitrogen and oxygen atoms in total. The van der Waals surface area contributed by atoms with Gasteiger partial charge in [0.25, 0.3) is 0 Å². The monoisotopic (exact) mass is 249 g/mol. The van der Waals surface area contributed by atoms with Crippen molar-refractivity contribution in [1.29, 1.82) is 0 Å². The summed E-state index contributed by atoms with van der Waals surface area (Å²) < 4.78 is 13.2. The van der Waals surface area contributed by atoms with E-state index in [-0.39, 0.29) is 5.82 Å². The van der Waals surface area contributed by atoms with Crippen LogP contribution < -0.4 is 5.32 Å². The van der Waals surface area contributed by atoms with Crippen LogP contribution in [0.4, 0.5) is 4.39 Å². The Balaban J connectivity index is 1.83. The molecule has 1 N–H and O–H groups in total. The average Bonchev–Trinajstić information content (AvgIpc) is 2.32. The normalized spacial score (nSPS) is 18.3. The van der Waals surface area contributed by atoms with E-state index in [9.17, 15) is 4.39 Å². The molecule has 0 unspecified atom stereocenters. The third-order valence-electron chi connectivity index (χ3n) is 3.92. The average molecular weight is 249 g/mol. The van der Waals surface area contributed by atoms with E-state index < -0.39 is 0 Å². The molecule has 0 radical (unpaired) electrons. The fourth-order valence-corrected chi connectivity index (χ4v) is 2.74. The first-order chi connectivity index (χ1) is 8.75. The Kier molecular flexibility index (Phi) is 5.18. The van der Waals surface area contributed by atoms with E-state index in [1.165, 1.54) is 50.5 Å². The van der Waals surface area contributed by atoms with E-state index in [1.54, 1.807) is 6.07 Å². The number of benzene rings is 1. The highest BCUT2D eigenvalue weighted by molar-refractivity contribution is 5.23. The second-order valence-corrected chi connectivity index (χ2v) is 5.51. The van der Waals surface area contributed by atoms with Gasteiger partial charge in [0.1, 0.15) is 5.82 Å². The SMILES string of the molecule is Cc1cc(CNC2CCCCCCC2)ccc1F. The van der Waals surface area contributed by atoms with Crippen molar-refractivity contribution < 1.29 is 4.39 Å². The van der Waals surface area contributed by atoms with Crippen molar-refractivity contribution >= 4 is 0 Å². The minimum Gasteiger partial charge on any atom is -0.310 e. The lowest BCUT2D eigenvalue weighted by molar-refractivity contribution is 0.389. The minimum absolute atomic E-state index is 0.107. The zero-order chi connectivity index (χ0) is 12.8. The molecule has 1 fully saturated rings. The molecule has 2 rings (SSSR count). The van der Waals surface area contributed by atoms with Crippen LogP contribution in [-0.2, 0) is 6.54 Å². The van der Waals surface area contributed by atoms with Crippen LogP contribution in [0.3, 0.4) is 0 Å². The van der Waals surface area contributed by atoms with Crippen LogP contribution >= 0.6 is 0 Å². The van der Waals surface area contributed by atoms with Gasteiger partial charge in [0.05, 0.1) is 0 Å². The van der Waals surface area contributed by atoms with E-state index in [1.807, 2.05) is 19.1 Å². The summed E-state index contributed by atoms with van der Waals surface area (Å²) in [7, 11) is 0. The predicted molar refractivity (Wildman–Crippen MR) is 74.1 cm³/mol. The van der Waals surface area contributed by atoms with Crippen molar-refractivity contribution in [3.8, 4) is 0 Å². The van der Waals surface area contributed by atoms with Gasteiger partial charge in [-0.25, -0.2) is 4.39 Å². The summed E-state index contributed by atoms with van der Waals surface area (Å²) in [5.74, 6) is -0.107. The fourth-order valence-electron chi connectivity index (χ4n) is 2.74. The number of hydrogen-bond acceptors (Lipinski definition) is 1. The van der Waals surface area contributed by atoms with E-state index in [4.69, 9.17) is 0 Å².